The molecular formula is C17H17ClN2O4. The smallest absolute Gasteiger partial charge is 0.411 e. The molecule has 0 atom stereocenters. The number of benzene rings is 2. The minimum absolute atomic E-state index is 0.162. The normalized spacial score (nSPS) is 10.1. The van der Waals surface area contributed by atoms with Crippen LogP contribution in [-0.2, 0) is 9.47 Å². The van der Waals surface area contributed by atoms with Crippen molar-refractivity contribution in [3.05, 3.63) is 59.1 Å². The Morgan fingerprint density at radius 3 is 2.33 bits per heavy atom. The van der Waals surface area contributed by atoms with Crippen LogP contribution in [0.1, 0.15) is 10.4 Å². The molecule has 6 nitrogen and oxygen atoms in total. The predicted molar refractivity (Wildman–Crippen MR) is 92.7 cm³/mol. The molecular weight excluding hydrogens is 332 g/mol. The van der Waals surface area contributed by atoms with Gasteiger partial charge in [-0.25, -0.2) is 4.79 Å². The first-order valence-electron chi connectivity index (χ1n) is 7.18. The highest BCUT2D eigenvalue weighted by molar-refractivity contribution is 6.30. The summed E-state index contributed by atoms with van der Waals surface area (Å²) in [6, 6.07) is 13.3. The molecule has 2 rings (SSSR count). The molecule has 0 fully saturated rings. The monoisotopic (exact) mass is 348 g/mol. The largest absolute Gasteiger partial charge is 0.447 e. The van der Waals surface area contributed by atoms with Crippen LogP contribution in [0.15, 0.2) is 48.5 Å². The van der Waals surface area contributed by atoms with Gasteiger partial charge in [0.15, 0.2) is 0 Å². The summed E-state index contributed by atoms with van der Waals surface area (Å²) in [6.07, 6.45) is -0.590. The number of carbonyl (C=O) groups excluding carboxylic acids is 2. The summed E-state index contributed by atoms with van der Waals surface area (Å²) in [4.78, 5) is 23.7. The van der Waals surface area contributed by atoms with Crippen molar-refractivity contribution in [2.24, 2.45) is 0 Å². The third-order valence-corrected chi connectivity index (χ3v) is 3.25. The van der Waals surface area contributed by atoms with Crippen molar-refractivity contribution in [3.63, 3.8) is 0 Å². The predicted octanol–water partition coefficient (Wildman–Crippen LogP) is 3.79. The lowest BCUT2D eigenvalue weighted by Gasteiger charge is -2.09. The zero-order chi connectivity index (χ0) is 17.4. The van der Waals surface area contributed by atoms with E-state index in [2.05, 4.69) is 10.6 Å². The van der Waals surface area contributed by atoms with E-state index in [-0.39, 0.29) is 12.5 Å². The van der Waals surface area contributed by atoms with Crippen LogP contribution in [0.2, 0.25) is 5.02 Å². The quantitative estimate of drug-likeness (QED) is 0.779. The minimum Gasteiger partial charge on any atom is -0.447 e. The minimum atomic E-state index is -0.590. The van der Waals surface area contributed by atoms with Gasteiger partial charge < -0.3 is 14.8 Å². The highest BCUT2D eigenvalue weighted by Gasteiger charge is 2.08. The van der Waals surface area contributed by atoms with Gasteiger partial charge in [-0.15, -0.1) is 0 Å². The van der Waals surface area contributed by atoms with E-state index in [4.69, 9.17) is 21.1 Å². The summed E-state index contributed by atoms with van der Waals surface area (Å²) in [5.41, 5.74) is 1.53. The molecule has 0 bridgehead atoms. The molecule has 0 heterocycles. The van der Waals surface area contributed by atoms with Crippen LogP contribution in [-0.4, -0.2) is 32.3 Å². The summed E-state index contributed by atoms with van der Waals surface area (Å²) in [7, 11) is 1.52. The summed E-state index contributed by atoms with van der Waals surface area (Å²) < 4.78 is 9.71. The van der Waals surface area contributed by atoms with Crippen LogP contribution in [0.4, 0.5) is 16.2 Å². The maximum Gasteiger partial charge on any atom is 0.411 e. The van der Waals surface area contributed by atoms with Crippen molar-refractivity contribution in [2.45, 2.75) is 0 Å². The number of amides is 2. The first-order valence-corrected chi connectivity index (χ1v) is 7.56. The first-order chi connectivity index (χ1) is 11.6. The number of carbonyl (C=O) groups is 2. The van der Waals surface area contributed by atoms with E-state index in [0.717, 1.165) is 0 Å². The van der Waals surface area contributed by atoms with Gasteiger partial charge in [-0.3, -0.25) is 10.1 Å². The molecule has 7 heteroatoms. The van der Waals surface area contributed by atoms with Gasteiger partial charge in [0.05, 0.1) is 6.61 Å². The zero-order valence-electron chi connectivity index (χ0n) is 13.0. The molecule has 24 heavy (non-hydrogen) atoms. The molecule has 126 valence electrons. The fraction of sp³-hybridized carbons (Fsp3) is 0.176. The van der Waals surface area contributed by atoms with Gasteiger partial charge >= 0.3 is 6.09 Å². The second-order valence-electron chi connectivity index (χ2n) is 4.80. The van der Waals surface area contributed by atoms with E-state index in [1.54, 1.807) is 48.5 Å². The Balaban J connectivity index is 1.95. The Morgan fingerprint density at radius 2 is 1.67 bits per heavy atom. The van der Waals surface area contributed by atoms with Crippen LogP contribution >= 0.6 is 11.6 Å². The fourth-order valence-electron chi connectivity index (χ4n) is 1.85. The molecule has 0 aromatic heterocycles. The second-order valence-corrected chi connectivity index (χ2v) is 5.23. The number of ether oxygens (including phenoxy) is 2. The van der Waals surface area contributed by atoms with Crippen molar-refractivity contribution in [1.82, 2.24) is 0 Å². The topological polar surface area (TPSA) is 76.7 Å². The molecule has 0 aliphatic carbocycles. The van der Waals surface area contributed by atoms with Crippen LogP contribution in [0.25, 0.3) is 0 Å². The van der Waals surface area contributed by atoms with E-state index in [1.165, 1.54) is 7.11 Å². The van der Waals surface area contributed by atoms with E-state index in [9.17, 15) is 9.59 Å². The Labute approximate surface area is 144 Å². The zero-order valence-corrected chi connectivity index (χ0v) is 13.8. The lowest BCUT2D eigenvalue weighted by Crippen LogP contribution is -2.16. The number of hydrogen-bond acceptors (Lipinski definition) is 4. The molecule has 2 aromatic carbocycles. The number of methoxy groups -OCH3 is 1. The molecule has 0 aliphatic heterocycles. The lowest BCUT2D eigenvalue weighted by atomic mass is 10.2. The van der Waals surface area contributed by atoms with Gasteiger partial charge in [-0.05, 0) is 42.5 Å². The molecule has 0 saturated heterocycles. The summed E-state index contributed by atoms with van der Waals surface area (Å²) in [5.74, 6) is -0.272. The number of halogens is 1. The van der Waals surface area contributed by atoms with Crippen molar-refractivity contribution in [3.8, 4) is 0 Å². The molecule has 0 radical (unpaired) electrons. The van der Waals surface area contributed by atoms with Crippen molar-refractivity contribution >= 4 is 35.0 Å². The van der Waals surface area contributed by atoms with E-state index in [1.807, 2.05) is 0 Å². The van der Waals surface area contributed by atoms with Gasteiger partial charge in [0.2, 0.25) is 0 Å². The number of nitrogens with one attached hydrogen (secondary N) is 2. The van der Waals surface area contributed by atoms with Crippen LogP contribution in [0, 0.1) is 0 Å². The summed E-state index contributed by atoms with van der Waals surface area (Å²) in [5, 5.41) is 5.89. The van der Waals surface area contributed by atoms with E-state index in [0.29, 0.717) is 28.6 Å². The number of anilines is 2. The summed E-state index contributed by atoms with van der Waals surface area (Å²) >= 11 is 5.80. The Morgan fingerprint density at radius 1 is 1.00 bits per heavy atom. The van der Waals surface area contributed by atoms with Gasteiger partial charge in [0.25, 0.3) is 5.91 Å². The molecule has 0 saturated carbocycles. The van der Waals surface area contributed by atoms with E-state index < -0.39 is 6.09 Å². The third kappa shape index (κ3) is 5.57. The van der Waals surface area contributed by atoms with Crippen LogP contribution in [0.3, 0.4) is 0 Å². The molecule has 2 N–H and O–H groups in total. The number of hydrogen-bond donors (Lipinski definition) is 2. The van der Waals surface area contributed by atoms with Gasteiger partial charge in [-0.1, -0.05) is 17.7 Å². The molecule has 0 spiro atoms. The number of rotatable bonds is 6. The Bertz CT molecular complexity index is 704. The molecule has 0 unspecified atom stereocenters. The molecule has 2 aromatic rings. The maximum absolute atomic E-state index is 12.2. The van der Waals surface area contributed by atoms with Crippen LogP contribution < -0.4 is 10.6 Å². The Hall–Kier alpha value is -2.57. The average molecular weight is 349 g/mol. The van der Waals surface area contributed by atoms with Crippen molar-refractivity contribution < 1.29 is 19.1 Å². The van der Waals surface area contributed by atoms with Crippen molar-refractivity contribution in [2.75, 3.05) is 31.0 Å². The van der Waals surface area contributed by atoms with Crippen LogP contribution in [0.5, 0.6) is 0 Å². The standard InChI is InChI=1S/C17H17ClN2O4/c1-23-9-10-24-17(22)20-15-4-2-3-14(11-15)19-16(21)12-5-7-13(18)8-6-12/h2-8,11H,9-10H2,1H3,(H,19,21)(H,20,22). The van der Waals surface area contributed by atoms with Gasteiger partial charge in [0, 0.05) is 29.1 Å². The third-order valence-electron chi connectivity index (χ3n) is 2.99. The SMILES string of the molecule is COCCOC(=O)Nc1cccc(NC(=O)c2ccc(Cl)cc2)c1. The second kappa shape index (κ2) is 8.90. The highest BCUT2D eigenvalue weighted by Crippen LogP contribution is 2.17. The maximum atomic E-state index is 12.2. The lowest BCUT2D eigenvalue weighted by molar-refractivity contribution is 0.102. The highest BCUT2D eigenvalue weighted by atomic mass is 35.5. The average Bonchev–Trinajstić information content (AvgIpc) is 2.56. The fourth-order valence-corrected chi connectivity index (χ4v) is 1.98. The van der Waals surface area contributed by atoms with Gasteiger partial charge in [-0.2, -0.15) is 0 Å². The Kier molecular flexibility index (Phi) is 6.60. The molecule has 0 aliphatic rings. The van der Waals surface area contributed by atoms with Crippen molar-refractivity contribution in [1.29, 1.82) is 0 Å². The summed E-state index contributed by atoms with van der Waals surface area (Å²) in [6.45, 7) is 0.486. The molecule has 2 amide bonds. The van der Waals surface area contributed by atoms with E-state index >= 15 is 0 Å². The van der Waals surface area contributed by atoms with Gasteiger partial charge in [0.1, 0.15) is 6.61 Å². The first kappa shape index (κ1) is 17.8.